The number of hydrogen-bond acceptors (Lipinski definition) is 5. The minimum atomic E-state index is -0.485. The maximum absolute atomic E-state index is 14.0. The lowest BCUT2D eigenvalue weighted by molar-refractivity contribution is -0.118. The van der Waals surface area contributed by atoms with Crippen molar-refractivity contribution in [3.8, 4) is 0 Å². The Morgan fingerprint density at radius 1 is 1.12 bits per heavy atom. The van der Waals surface area contributed by atoms with Crippen LogP contribution in [-0.4, -0.2) is 20.5 Å². The zero-order valence-corrected chi connectivity index (χ0v) is 18.5. The molecule has 0 spiro atoms. The van der Waals surface area contributed by atoms with Crippen LogP contribution in [0.1, 0.15) is 43.9 Å². The fourth-order valence-electron chi connectivity index (χ4n) is 4.36. The number of Topliss-reactive ketones (excluding diaryl/α,β-unsaturated/α-hetero) is 1. The SMILES string of the molecule is CC1(C)CC(=O)C2=C(C1)Nc1nc(SCc3ccccc3F)nn1[C@H]2c1ccc(F)cc1. The number of allylic oxidation sites excluding steroid dienone is 2. The van der Waals surface area contributed by atoms with E-state index in [0.29, 0.717) is 40.8 Å². The molecule has 0 saturated carbocycles. The van der Waals surface area contributed by atoms with Gasteiger partial charge in [0.15, 0.2) is 5.78 Å². The van der Waals surface area contributed by atoms with E-state index in [4.69, 9.17) is 0 Å². The summed E-state index contributed by atoms with van der Waals surface area (Å²) in [7, 11) is 0. The van der Waals surface area contributed by atoms with E-state index >= 15 is 0 Å². The van der Waals surface area contributed by atoms with Crippen molar-refractivity contribution in [2.24, 2.45) is 5.41 Å². The summed E-state index contributed by atoms with van der Waals surface area (Å²) in [5.74, 6) is 0.361. The monoisotopic (exact) mass is 452 g/mol. The van der Waals surface area contributed by atoms with Crippen molar-refractivity contribution >= 4 is 23.5 Å². The van der Waals surface area contributed by atoms with Gasteiger partial charge < -0.3 is 5.32 Å². The Labute approximate surface area is 188 Å². The van der Waals surface area contributed by atoms with Crippen molar-refractivity contribution in [3.05, 3.63) is 82.6 Å². The molecule has 0 saturated heterocycles. The Morgan fingerprint density at radius 2 is 1.88 bits per heavy atom. The molecule has 2 heterocycles. The lowest BCUT2D eigenvalue weighted by Gasteiger charge is -2.38. The van der Waals surface area contributed by atoms with Gasteiger partial charge in [0.1, 0.15) is 17.7 Å². The summed E-state index contributed by atoms with van der Waals surface area (Å²) in [6.45, 7) is 4.14. The second-order valence-electron chi connectivity index (χ2n) is 8.95. The molecule has 3 aromatic rings. The number of benzene rings is 2. The highest BCUT2D eigenvalue weighted by Crippen LogP contribution is 2.45. The molecule has 0 unspecified atom stereocenters. The molecule has 0 radical (unpaired) electrons. The molecule has 2 aliphatic rings. The van der Waals surface area contributed by atoms with E-state index < -0.39 is 6.04 Å². The minimum Gasteiger partial charge on any atom is -0.328 e. The minimum absolute atomic E-state index is 0.0554. The summed E-state index contributed by atoms with van der Waals surface area (Å²) >= 11 is 1.33. The predicted molar refractivity (Wildman–Crippen MR) is 119 cm³/mol. The standard InChI is InChI=1S/C24H22F2N4OS/c1-24(2)11-18-20(19(31)12-24)21(14-7-9-16(25)10-8-14)30-22(27-18)28-23(29-30)32-13-15-5-3-4-6-17(15)26/h3-10,21H,11-13H2,1-2H3,(H,27,28,29)/t21-/m0/s1. The van der Waals surface area contributed by atoms with E-state index in [2.05, 4.69) is 29.2 Å². The van der Waals surface area contributed by atoms with Crippen LogP contribution < -0.4 is 5.32 Å². The third kappa shape index (κ3) is 3.83. The van der Waals surface area contributed by atoms with Crippen molar-refractivity contribution < 1.29 is 13.6 Å². The highest BCUT2D eigenvalue weighted by Gasteiger charge is 2.41. The maximum Gasteiger partial charge on any atom is 0.227 e. The number of carbonyl (C=O) groups is 1. The zero-order chi connectivity index (χ0) is 22.5. The van der Waals surface area contributed by atoms with Gasteiger partial charge in [-0.1, -0.05) is 55.9 Å². The number of nitrogens with zero attached hydrogens (tertiary/aromatic N) is 3. The number of rotatable bonds is 4. The number of aromatic nitrogens is 3. The molecule has 1 aromatic heterocycles. The quantitative estimate of drug-likeness (QED) is 0.529. The van der Waals surface area contributed by atoms with E-state index in [0.717, 1.165) is 11.3 Å². The summed E-state index contributed by atoms with van der Waals surface area (Å²) in [6.07, 6.45) is 1.14. The molecular weight excluding hydrogens is 430 g/mol. The second-order valence-corrected chi connectivity index (χ2v) is 9.90. The normalized spacial score (nSPS) is 19.4. The van der Waals surface area contributed by atoms with Gasteiger partial charge in [-0.25, -0.2) is 13.5 Å². The second kappa shape index (κ2) is 7.85. The molecule has 1 aliphatic carbocycles. The number of ketones is 1. The third-order valence-electron chi connectivity index (χ3n) is 5.81. The number of hydrogen-bond donors (Lipinski definition) is 1. The van der Waals surface area contributed by atoms with Crippen LogP contribution in [0.25, 0.3) is 0 Å². The molecule has 32 heavy (non-hydrogen) atoms. The van der Waals surface area contributed by atoms with Crippen LogP contribution in [0.15, 0.2) is 65.0 Å². The lowest BCUT2D eigenvalue weighted by atomic mass is 9.73. The Kier molecular flexibility index (Phi) is 5.12. The highest BCUT2D eigenvalue weighted by molar-refractivity contribution is 7.98. The molecule has 8 heteroatoms. The first kappa shape index (κ1) is 20.9. The smallest absolute Gasteiger partial charge is 0.227 e. The fraction of sp³-hybridized carbons (Fsp3) is 0.292. The Hall–Kier alpha value is -3.00. The Balaban J connectivity index is 1.53. The van der Waals surface area contributed by atoms with Gasteiger partial charge in [-0.3, -0.25) is 4.79 Å². The number of thioether (sulfide) groups is 1. The van der Waals surface area contributed by atoms with Crippen LogP contribution in [0.4, 0.5) is 14.7 Å². The van der Waals surface area contributed by atoms with Gasteiger partial charge in [-0.2, -0.15) is 4.98 Å². The molecular formula is C24H22F2N4OS. The molecule has 1 N–H and O–H groups in total. The third-order valence-corrected chi connectivity index (χ3v) is 6.70. The maximum atomic E-state index is 14.0. The van der Waals surface area contributed by atoms with E-state index in [9.17, 15) is 13.6 Å². The summed E-state index contributed by atoms with van der Waals surface area (Å²) in [4.78, 5) is 17.8. The molecule has 164 valence electrons. The molecule has 5 nitrogen and oxygen atoms in total. The molecule has 1 aliphatic heterocycles. The van der Waals surface area contributed by atoms with Crippen molar-refractivity contribution in [2.75, 3.05) is 5.32 Å². The fourth-order valence-corrected chi connectivity index (χ4v) is 5.18. The van der Waals surface area contributed by atoms with E-state index in [-0.39, 0.29) is 22.8 Å². The van der Waals surface area contributed by atoms with Gasteiger partial charge in [0, 0.05) is 23.4 Å². The number of fused-ring (bicyclic) bond motifs is 1. The summed E-state index contributed by atoms with van der Waals surface area (Å²) in [5.41, 5.74) is 2.67. The van der Waals surface area contributed by atoms with Crippen molar-refractivity contribution in [1.29, 1.82) is 0 Å². The molecule has 2 aromatic carbocycles. The topological polar surface area (TPSA) is 59.8 Å². The predicted octanol–water partition coefficient (Wildman–Crippen LogP) is 5.51. The zero-order valence-electron chi connectivity index (χ0n) is 17.7. The summed E-state index contributed by atoms with van der Waals surface area (Å²) in [5, 5.41) is 8.43. The molecule has 5 rings (SSSR count). The average molecular weight is 453 g/mol. The molecule has 0 amide bonds. The van der Waals surface area contributed by atoms with Crippen molar-refractivity contribution in [1.82, 2.24) is 14.8 Å². The molecule has 1 atom stereocenters. The number of anilines is 1. The van der Waals surface area contributed by atoms with E-state index in [1.807, 2.05) is 0 Å². The number of halogens is 2. The van der Waals surface area contributed by atoms with Crippen LogP contribution in [0.2, 0.25) is 0 Å². The number of nitrogens with one attached hydrogen (secondary N) is 1. The van der Waals surface area contributed by atoms with Gasteiger partial charge in [-0.05, 0) is 41.2 Å². The van der Waals surface area contributed by atoms with Crippen molar-refractivity contribution in [3.63, 3.8) is 0 Å². The first-order valence-corrected chi connectivity index (χ1v) is 11.4. The number of carbonyl (C=O) groups excluding carboxylic acids is 1. The first-order valence-electron chi connectivity index (χ1n) is 10.4. The van der Waals surface area contributed by atoms with Crippen LogP contribution in [-0.2, 0) is 10.5 Å². The van der Waals surface area contributed by atoms with Crippen LogP contribution >= 0.6 is 11.8 Å². The molecule has 0 bridgehead atoms. The van der Waals surface area contributed by atoms with Gasteiger partial charge in [0.2, 0.25) is 11.1 Å². The van der Waals surface area contributed by atoms with Gasteiger partial charge in [-0.15, -0.1) is 5.10 Å². The largest absolute Gasteiger partial charge is 0.328 e. The summed E-state index contributed by atoms with van der Waals surface area (Å²) in [6, 6.07) is 12.3. The average Bonchev–Trinajstić information content (AvgIpc) is 3.14. The van der Waals surface area contributed by atoms with Crippen LogP contribution in [0.5, 0.6) is 0 Å². The molecule has 0 fully saturated rings. The highest BCUT2D eigenvalue weighted by atomic mass is 32.2. The Morgan fingerprint density at radius 3 is 2.62 bits per heavy atom. The van der Waals surface area contributed by atoms with Gasteiger partial charge in [0.25, 0.3) is 0 Å². The van der Waals surface area contributed by atoms with Crippen LogP contribution in [0.3, 0.4) is 0 Å². The summed E-state index contributed by atoms with van der Waals surface area (Å²) < 4.78 is 29.3. The lowest BCUT2D eigenvalue weighted by Crippen LogP contribution is -2.36. The first-order chi connectivity index (χ1) is 15.3. The van der Waals surface area contributed by atoms with Crippen LogP contribution in [0, 0.1) is 17.0 Å². The van der Waals surface area contributed by atoms with Crippen molar-refractivity contribution in [2.45, 2.75) is 43.6 Å². The van der Waals surface area contributed by atoms with E-state index in [1.165, 1.54) is 30.0 Å². The van der Waals surface area contributed by atoms with Gasteiger partial charge >= 0.3 is 0 Å². The van der Waals surface area contributed by atoms with Gasteiger partial charge in [0.05, 0.1) is 0 Å². The Bertz CT molecular complexity index is 1230. The van der Waals surface area contributed by atoms with E-state index in [1.54, 1.807) is 35.0 Å².